The summed E-state index contributed by atoms with van der Waals surface area (Å²) in [7, 11) is 0. The molecule has 78 valence electrons. The number of hydrogen-bond acceptors (Lipinski definition) is 1. The Labute approximate surface area is 101 Å². The number of hydrogen-bond donors (Lipinski definition) is 1. The molecule has 0 amide bonds. The van der Waals surface area contributed by atoms with Crippen LogP contribution >= 0.6 is 24.2 Å². The van der Waals surface area contributed by atoms with Crippen LogP contribution in [0.2, 0.25) is 0 Å². The zero-order valence-electron chi connectivity index (χ0n) is 8.79. The SMILES string of the molecule is CC(C)(Cl)c1cc(S)c2ccccc2c1. The molecule has 0 aromatic heterocycles. The standard InChI is InChI=1S/C13H13ClS/c1-13(2,14)10-7-9-5-3-4-6-11(9)12(15)8-10/h3-8,15H,1-2H3. The Bertz CT molecular complexity index is 497. The van der Waals surface area contributed by atoms with Gasteiger partial charge in [-0.3, -0.25) is 0 Å². The molecule has 0 aliphatic heterocycles. The summed E-state index contributed by atoms with van der Waals surface area (Å²) in [5.41, 5.74) is 1.10. The molecule has 2 rings (SSSR count). The summed E-state index contributed by atoms with van der Waals surface area (Å²) in [5, 5.41) is 2.36. The lowest BCUT2D eigenvalue weighted by Crippen LogP contribution is -2.07. The van der Waals surface area contributed by atoms with Gasteiger partial charge in [-0.2, -0.15) is 0 Å². The van der Waals surface area contributed by atoms with Gasteiger partial charge in [0.05, 0.1) is 4.87 Å². The molecule has 2 aromatic rings. The molecular weight excluding hydrogens is 224 g/mol. The minimum absolute atomic E-state index is 0.346. The molecule has 0 heterocycles. The van der Waals surface area contributed by atoms with E-state index in [-0.39, 0.29) is 4.87 Å². The lowest BCUT2D eigenvalue weighted by atomic mass is 9.98. The molecule has 0 N–H and O–H groups in total. The molecule has 0 fully saturated rings. The maximum atomic E-state index is 6.30. The maximum Gasteiger partial charge on any atom is 0.0639 e. The van der Waals surface area contributed by atoms with E-state index in [1.165, 1.54) is 10.8 Å². The molecule has 2 heteroatoms. The fraction of sp³-hybridized carbons (Fsp3) is 0.231. The molecular formula is C13H13ClS. The third kappa shape index (κ3) is 2.14. The summed E-state index contributed by atoms with van der Waals surface area (Å²) in [6.07, 6.45) is 0. The Balaban J connectivity index is 2.73. The quantitative estimate of drug-likeness (QED) is 0.543. The van der Waals surface area contributed by atoms with E-state index in [2.05, 4.69) is 30.8 Å². The first-order valence-electron chi connectivity index (χ1n) is 4.89. The molecule has 0 nitrogen and oxygen atoms in total. The first kappa shape index (κ1) is 10.8. The first-order valence-corrected chi connectivity index (χ1v) is 5.72. The zero-order valence-corrected chi connectivity index (χ0v) is 10.4. The summed E-state index contributed by atoms with van der Waals surface area (Å²) >= 11 is 10.8. The van der Waals surface area contributed by atoms with Gasteiger partial charge in [0.2, 0.25) is 0 Å². The Morgan fingerprint density at radius 1 is 1.13 bits per heavy atom. The van der Waals surface area contributed by atoms with Crippen molar-refractivity contribution in [1.29, 1.82) is 0 Å². The van der Waals surface area contributed by atoms with Crippen LogP contribution in [0.4, 0.5) is 0 Å². The number of alkyl halides is 1. The predicted octanol–water partition coefficient (Wildman–Crippen LogP) is 4.60. The van der Waals surface area contributed by atoms with Crippen LogP contribution in [0, 0.1) is 0 Å². The average Bonchev–Trinajstić information content (AvgIpc) is 2.16. The van der Waals surface area contributed by atoms with Crippen molar-refractivity contribution in [3.05, 3.63) is 42.0 Å². The van der Waals surface area contributed by atoms with Gasteiger partial charge < -0.3 is 0 Å². The van der Waals surface area contributed by atoms with Crippen LogP contribution in [0.5, 0.6) is 0 Å². The third-order valence-corrected chi connectivity index (χ3v) is 3.11. The van der Waals surface area contributed by atoms with E-state index in [1.807, 2.05) is 32.0 Å². The molecule has 0 saturated carbocycles. The number of fused-ring (bicyclic) bond motifs is 1. The normalized spacial score (nSPS) is 12.0. The summed E-state index contributed by atoms with van der Waals surface area (Å²) in [6, 6.07) is 12.4. The van der Waals surface area contributed by atoms with Gasteiger partial charge in [0, 0.05) is 4.90 Å². The van der Waals surface area contributed by atoms with E-state index in [4.69, 9.17) is 11.6 Å². The fourth-order valence-electron chi connectivity index (χ4n) is 1.63. The highest BCUT2D eigenvalue weighted by molar-refractivity contribution is 7.80. The number of thiol groups is 1. The molecule has 0 spiro atoms. The highest BCUT2D eigenvalue weighted by Crippen LogP contribution is 2.33. The minimum atomic E-state index is -0.346. The molecule has 15 heavy (non-hydrogen) atoms. The van der Waals surface area contributed by atoms with Gasteiger partial charge in [0.1, 0.15) is 0 Å². The second kappa shape index (κ2) is 3.73. The van der Waals surface area contributed by atoms with Crippen LogP contribution in [0.1, 0.15) is 19.4 Å². The topological polar surface area (TPSA) is 0 Å². The van der Waals surface area contributed by atoms with Crippen molar-refractivity contribution in [3.63, 3.8) is 0 Å². The van der Waals surface area contributed by atoms with Gasteiger partial charge >= 0.3 is 0 Å². The van der Waals surface area contributed by atoms with Gasteiger partial charge in [0.25, 0.3) is 0 Å². The van der Waals surface area contributed by atoms with Crippen molar-refractivity contribution >= 4 is 35.0 Å². The van der Waals surface area contributed by atoms with Crippen LogP contribution in [0.15, 0.2) is 41.3 Å². The van der Waals surface area contributed by atoms with Crippen LogP contribution in [0.3, 0.4) is 0 Å². The molecule has 0 bridgehead atoms. The van der Waals surface area contributed by atoms with E-state index < -0.39 is 0 Å². The highest BCUT2D eigenvalue weighted by Gasteiger charge is 2.17. The highest BCUT2D eigenvalue weighted by atomic mass is 35.5. The van der Waals surface area contributed by atoms with Gasteiger partial charge in [-0.25, -0.2) is 0 Å². The van der Waals surface area contributed by atoms with E-state index in [1.54, 1.807) is 0 Å². The van der Waals surface area contributed by atoms with Crippen LogP contribution in [-0.2, 0) is 4.87 Å². The number of rotatable bonds is 1. The zero-order chi connectivity index (χ0) is 11.1. The predicted molar refractivity (Wildman–Crippen MR) is 70.1 cm³/mol. The summed E-state index contributed by atoms with van der Waals surface area (Å²) in [6.45, 7) is 3.98. The molecule has 2 aromatic carbocycles. The van der Waals surface area contributed by atoms with Crippen LogP contribution in [-0.4, -0.2) is 0 Å². The lowest BCUT2D eigenvalue weighted by Gasteiger charge is -2.17. The summed E-state index contributed by atoms with van der Waals surface area (Å²) < 4.78 is 0. The van der Waals surface area contributed by atoms with E-state index in [0.717, 1.165) is 10.5 Å². The van der Waals surface area contributed by atoms with Crippen molar-refractivity contribution in [2.45, 2.75) is 23.6 Å². The lowest BCUT2D eigenvalue weighted by molar-refractivity contribution is 0.765. The second-order valence-corrected chi connectivity index (χ2v) is 5.62. The molecule has 0 atom stereocenters. The number of halogens is 1. The molecule has 0 radical (unpaired) electrons. The van der Waals surface area contributed by atoms with Gasteiger partial charge in [-0.15, -0.1) is 24.2 Å². The van der Waals surface area contributed by atoms with Gasteiger partial charge in [-0.05, 0) is 42.3 Å². The summed E-state index contributed by atoms with van der Waals surface area (Å²) in [4.78, 5) is 0.637. The average molecular weight is 237 g/mol. The largest absolute Gasteiger partial charge is 0.143 e. The number of benzene rings is 2. The van der Waals surface area contributed by atoms with Gasteiger partial charge in [0.15, 0.2) is 0 Å². The maximum absolute atomic E-state index is 6.30. The monoisotopic (exact) mass is 236 g/mol. The second-order valence-electron chi connectivity index (χ2n) is 4.19. The van der Waals surface area contributed by atoms with Gasteiger partial charge in [-0.1, -0.05) is 24.3 Å². The van der Waals surface area contributed by atoms with E-state index >= 15 is 0 Å². The Kier molecular flexibility index (Phi) is 2.70. The smallest absolute Gasteiger partial charge is 0.0639 e. The van der Waals surface area contributed by atoms with Crippen molar-refractivity contribution < 1.29 is 0 Å². The minimum Gasteiger partial charge on any atom is -0.143 e. The Morgan fingerprint density at radius 3 is 2.47 bits per heavy atom. The third-order valence-electron chi connectivity index (χ3n) is 2.53. The van der Waals surface area contributed by atoms with Crippen molar-refractivity contribution in [2.75, 3.05) is 0 Å². The first-order chi connectivity index (χ1) is 6.98. The molecule has 0 saturated heterocycles. The Hall–Kier alpha value is -0.660. The van der Waals surface area contributed by atoms with Crippen LogP contribution < -0.4 is 0 Å². The van der Waals surface area contributed by atoms with Crippen molar-refractivity contribution in [1.82, 2.24) is 0 Å². The molecule has 0 unspecified atom stereocenters. The van der Waals surface area contributed by atoms with E-state index in [9.17, 15) is 0 Å². The van der Waals surface area contributed by atoms with Crippen LogP contribution in [0.25, 0.3) is 10.8 Å². The van der Waals surface area contributed by atoms with Crippen molar-refractivity contribution in [2.24, 2.45) is 0 Å². The molecule has 0 aliphatic carbocycles. The van der Waals surface area contributed by atoms with Crippen molar-refractivity contribution in [3.8, 4) is 0 Å². The fourth-order valence-corrected chi connectivity index (χ4v) is 2.09. The van der Waals surface area contributed by atoms with E-state index in [0.29, 0.717) is 0 Å². The summed E-state index contributed by atoms with van der Waals surface area (Å²) in [5.74, 6) is 0. The molecule has 0 aliphatic rings. The Morgan fingerprint density at radius 2 is 1.80 bits per heavy atom.